The van der Waals surface area contributed by atoms with E-state index in [0.29, 0.717) is 5.92 Å². The van der Waals surface area contributed by atoms with Crippen LogP contribution < -0.4 is 0 Å². The van der Waals surface area contributed by atoms with E-state index in [1.54, 1.807) is 6.20 Å². The fourth-order valence-corrected chi connectivity index (χ4v) is 2.05. The minimum absolute atomic E-state index is 0.163. The SMILES string of the molecule is CC(C)(Cc1n[nH]nc1C1CC1)c1cnno1. The smallest absolute Gasteiger partial charge is 0.163 e. The van der Waals surface area contributed by atoms with E-state index in [1.165, 1.54) is 12.8 Å². The van der Waals surface area contributed by atoms with E-state index in [-0.39, 0.29) is 5.41 Å². The van der Waals surface area contributed by atoms with Crippen molar-refractivity contribution in [2.45, 2.75) is 44.4 Å². The second kappa shape index (κ2) is 3.65. The minimum Gasteiger partial charge on any atom is -0.342 e. The lowest BCUT2D eigenvalue weighted by Gasteiger charge is -2.19. The fraction of sp³-hybridized carbons (Fsp3) is 0.636. The van der Waals surface area contributed by atoms with Crippen LogP contribution in [0.15, 0.2) is 10.7 Å². The lowest BCUT2D eigenvalue weighted by Crippen LogP contribution is -2.20. The van der Waals surface area contributed by atoms with Gasteiger partial charge in [-0.1, -0.05) is 13.8 Å². The van der Waals surface area contributed by atoms with E-state index in [4.69, 9.17) is 4.52 Å². The van der Waals surface area contributed by atoms with Gasteiger partial charge in [-0.15, -0.1) is 5.10 Å². The van der Waals surface area contributed by atoms with Gasteiger partial charge in [-0.05, 0) is 12.8 Å². The summed E-state index contributed by atoms with van der Waals surface area (Å²) in [5.74, 6) is 1.38. The molecule has 0 unspecified atom stereocenters. The Labute approximate surface area is 98.8 Å². The molecule has 0 aliphatic heterocycles. The van der Waals surface area contributed by atoms with E-state index < -0.39 is 0 Å². The Kier molecular flexibility index (Phi) is 2.24. The Morgan fingerprint density at radius 2 is 2.24 bits per heavy atom. The number of hydrogen-bond donors (Lipinski definition) is 1. The fourth-order valence-electron chi connectivity index (χ4n) is 2.05. The molecule has 1 saturated carbocycles. The van der Waals surface area contributed by atoms with Crippen molar-refractivity contribution in [1.29, 1.82) is 0 Å². The second-order valence-electron chi connectivity index (χ2n) is 5.27. The standard InChI is InChI=1S/C11H15N5O/c1-11(2,9-6-12-16-17-9)5-8-10(7-3-4-7)14-15-13-8/h6-7H,3-5H2,1-2H3,(H,13,14,15). The van der Waals surface area contributed by atoms with Crippen LogP contribution in [0, 0.1) is 0 Å². The van der Waals surface area contributed by atoms with Crippen molar-refractivity contribution in [3.05, 3.63) is 23.3 Å². The highest BCUT2D eigenvalue weighted by Gasteiger charge is 2.33. The summed E-state index contributed by atoms with van der Waals surface area (Å²) < 4.78 is 5.14. The first-order valence-electron chi connectivity index (χ1n) is 5.84. The van der Waals surface area contributed by atoms with Gasteiger partial charge in [0.2, 0.25) is 0 Å². The summed E-state index contributed by atoms with van der Waals surface area (Å²) >= 11 is 0. The van der Waals surface area contributed by atoms with Gasteiger partial charge >= 0.3 is 0 Å². The van der Waals surface area contributed by atoms with Crippen LogP contribution in [0.1, 0.15) is 49.8 Å². The largest absolute Gasteiger partial charge is 0.342 e. The van der Waals surface area contributed by atoms with Crippen LogP contribution in [0.2, 0.25) is 0 Å². The van der Waals surface area contributed by atoms with Gasteiger partial charge in [0.15, 0.2) is 5.76 Å². The number of rotatable bonds is 4. The monoisotopic (exact) mass is 233 g/mol. The van der Waals surface area contributed by atoms with E-state index in [9.17, 15) is 0 Å². The Morgan fingerprint density at radius 3 is 2.88 bits per heavy atom. The molecule has 6 heteroatoms. The van der Waals surface area contributed by atoms with Gasteiger partial charge in [0, 0.05) is 23.0 Å². The average molecular weight is 233 g/mol. The molecule has 0 spiro atoms. The van der Waals surface area contributed by atoms with Crippen LogP contribution in [0.5, 0.6) is 0 Å². The van der Waals surface area contributed by atoms with Gasteiger partial charge in [-0.2, -0.15) is 15.4 Å². The molecule has 6 nitrogen and oxygen atoms in total. The molecule has 1 aliphatic carbocycles. The molecule has 2 aromatic rings. The number of nitrogens with zero attached hydrogens (tertiary/aromatic N) is 4. The summed E-state index contributed by atoms with van der Waals surface area (Å²) in [5, 5.41) is 18.5. The molecular weight excluding hydrogens is 218 g/mol. The Balaban J connectivity index is 1.84. The third kappa shape index (κ3) is 1.94. The summed E-state index contributed by atoms with van der Waals surface area (Å²) in [6.45, 7) is 4.20. The van der Waals surface area contributed by atoms with Crippen LogP contribution in [-0.4, -0.2) is 25.8 Å². The highest BCUT2D eigenvalue weighted by atomic mass is 16.5. The van der Waals surface area contributed by atoms with Crippen LogP contribution in [0.25, 0.3) is 0 Å². The van der Waals surface area contributed by atoms with Gasteiger partial charge in [-0.25, -0.2) is 0 Å². The molecule has 0 amide bonds. The summed E-state index contributed by atoms with van der Waals surface area (Å²) in [5.41, 5.74) is 1.99. The lowest BCUT2D eigenvalue weighted by atomic mass is 9.85. The zero-order chi connectivity index (χ0) is 11.9. The predicted octanol–water partition coefficient (Wildman–Crippen LogP) is 1.59. The molecule has 1 aliphatic rings. The number of nitrogens with one attached hydrogen (secondary N) is 1. The molecule has 0 atom stereocenters. The maximum atomic E-state index is 5.14. The number of H-pyrrole nitrogens is 1. The molecule has 2 aromatic heterocycles. The molecule has 1 N–H and O–H groups in total. The molecule has 2 heterocycles. The molecule has 0 radical (unpaired) electrons. The first-order valence-corrected chi connectivity index (χ1v) is 5.84. The van der Waals surface area contributed by atoms with Crippen LogP contribution in [0.4, 0.5) is 0 Å². The molecule has 0 aromatic carbocycles. The van der Waals surface area contributed by atoms with E-state index >= 15 is 0 Å². The van der Waals surface area contributed by atoms with Crippen molar-refractivity contribution in [3.63, 3.8) is 0 Å². The highest BCUT2D eigenvalue weighted by molar-refractivity contribution is 5.22. The lowest BCUT2D eigenvalue weighted by molar-refractivity contribution is 0.302. The Hall–Kier alpha value is -1.72. The number of hydrogen-bond acceptors (Lipinski definition) is 5. The summed E-state index contributed by atoms with van der Waals surface area (Å²) in [6, 6.07) is 0. The Morgan fingerprint density at radius 1 is 1.41 bits per heavy atom. The molecular formula is C11H15N5O. The second-order valence-corrected chi connectivity index (χ2v) is 5.27. The molecule has 17 heavy (non-hydrogen) atoms. The van der Waals surface area contributed by atoms with Gasteiger partial charge < -0.3 is 4.52 Å². The first-order chi connectivity index (χ1) is 8.17. The van der Waals surface area contributed by atoms with E-state index in [0.717, 1.165) is 23.6 Å². The van der Waals surface area contributed by atoms with E-state index in [2.05, 4.69) is 39.6 Å². The van der Waals surface area contributed by atoms with Crippen molar-refractivity contribution >= 4 is 0 Å². The van der Waals surface area contributed by atoms with Crippen LogP contribution >= 0.6 is 0 Å². The summed E-state index contributed by atoms with van der Waals surface area (Å²) in [7, 11) is 0. The highest BCUT2D eigenvalue weighted by Crippen LogP contribution is 2.41. The quantitative estimate of drug-likeness (QED) is 0.867. The summed E-state index contributed by atoms with van der Waals surface area (Å²) in [4.78, 5) is 0. The topological polar surface area (TPSA) is 80.5 Å². The molecule has 0 bridgehead atoms. The summed E-state index contributed by atoms with van der Waals surface area (Å²) in [6.07, 6.45) is 4.90. The molecule has 0 saturated heterocycles. The third-order valence-corrected chi connectivity index (χ3v) is 3.25. The van der Waals surface area contributed by atoms with Crippen molar-refractivity contribution in [1.82, 2.24) is 25.8 Å². The van der Waals surface area contributed by atoms with Gasteiger partial charge in [0.25, 0.3) is 0 Å². The third-order valence-electron chi connectivity index (χ3n) is 3.25. The Bertz CT molecular complexity index is 498. The zero-order valence-electron chi connectivity index (χ0n) is 9.97. The van der Waals surface area contributed by atoms with Crippen molar-refractivity contribution in [2.24, 2.45) is 0 Å². The van der Waals surface area contributed by atoms with Crippen molar-refractivity contribution < 1.29 is 4.52 Å². The predicted molar refractivity (Wildman–Crippen MR) is 59.4 cm³/mol. The molecule has 3 rings (SSSR count). The molecule has 90 valence electrons. The van der Waals surface area contributed by atoms with Crippen LogP contribution in [-0.2, 0) is 11.8 Å². The normalized spacial score (nSPS) is 16.4. The number of aromatic amines is 1. The minimum atomic E-state index is -0.163. The van der Waals surface area contributed by atoms with Gasteiger partial charge in [0.1, 0.15) is 0 Å². The number of aromatic nitrogens is 5. The van der Waals surface area contributed by atoms with E-state index in [1.807, 2.05) is 0 Å². The maximum Gasteiger partial charge on any atom is 0.163 e. The molecule has 1 fully saturated rings. The first kappa shape index (κ1) is 10.4. The zero-order valence-corrected chi connectivity index (χ0v) is 9.97. The van der Waals surface area contributed by atoms with Gasteiger partial charge in [0.05, 0.1) is 17.6 Å². The van der Waals surface area contributed by atoms with Crippen molar-refractivity contribution in [2.75, 3.05) is 0 Å². The van der Waals surface area contributed by atoms with Crippen LogP contribution in [0.3, 0.4) is 0 Å². The average Bonchev–Trinajstić information content (AvgIpc) is 2.82. The van der Waals surface area contributed by atoms with Gasteiger partial charge in [-0.3, -0.25) is 0 Å². The van der Waals surface area contributed by atoms with Crippen molar-refractivity contribution in [3.8, 4) is 0 Å². The maximum absolute atomic E-state index is 5.14.